The summed E-state index contributed by atoms with van der Waals surface area (Å²) in [5.41, 5.74) is 0.183. The Morgan fingerprint density at radius 1 is 1.35 bits per heavy atom. The summed E-state index contributed by atoms with van der Waals surface area (Å²) in [7, 11) is 1.59. The minimum Gasteiger partial charge on any atom is -0.478 e. The van der Waals surface area contributed by atoms with E-state index in [4.69, 9.17) is 33.0 Å². The molecule has 0 aromatic heterocycles. The largest absolute Gasteiger partial charge is 0.478 e. The fourth-order valence-electron chi connectivity index (χ4n) is 1.30. The van der Waals surface area contributed by atoms with Gasteiger partial charge in [0.2, 0.25) is 5.91 Å². The van der Waals surface area contributed by atoms with Crippen molar-refractivity contribution in [2.45, 2.75) is 0 Å². The van der Waals surface area contributed by atoms with Gasteiger partial charge in [-0.3, -0.25) is 4.79 Å². The number of rotatable bonds is 7. The Morgan fingerprint density at radius 2 is 1.95 bits per heavy atom. The van der Waals surface area contributed by atoms with Crippen LogP contribution < -0.4 is 5.32 Å². The van der Waals surface area contributed by atoms with Crippen LogP contribution in [0, 0.1) is 0 Å². The molecule has 0 atom stereocenters. The molecule has 1 aromatic carbocycles. The van der Waals surface area contributed by atoms with Crippen molar-refractivity contribution in [2.24, 2.45) is 0 Å². The molecule has 0 unspecified atom stereocenters. The Bertz CT molecular complexity index is 487. The molecule has 0 bridgehead atoms. The molecular formula is C12H13Cl2NO4S. The molecule has 0 aliphatic rings. The number of benzene rings is 1. The van der Waals surface area contributed by atoms with Crippen molar-refractivity contribution in [3.05, 3.63) is 27.7 Å². The van der Waals surface area contributed by atoms with E-state index in [0.29, 0.717) is 12.4 Å². The van der Waals surface area contributed by atoms with Crippen LogP contribution >= 0.6 is 35.0 Å². The van der Waals surface area contributed by atoms with Gasteiger partial charge in [-0.2, -0.15) is 0 Å². The van der Waals surface area contributed by atoms with Gasteiger partial charge >= 0.3 is 5.97 Å². The number of amides is 1. The first kappa shape index (κ1) is 17.1. The molecule has 20 heavy (non-hydrogen) atoms. The first-order valence-corrected chi connectivity index (χ1v) is 7.45. The second-order valence-electron chi connectivity index (χ2n) is 3.71. The Balaban J connectivity index is 2.68. The fourth-order valence-corrected chi connectivity index (χ4v) is 2.57. The molecule has 0 aliphatic heterocycles. The molecule has 0 spiro atoms. The number of methoxy groups -OCH3 is 1. The maximum Gasteiger partial charge on any atom is 0.335 e. The molecule has 1 rings (SSSR count). The van der Waals surface area contributed by atoms with Crippen LogP contribution in [0.3, 0.4) is 0 Å². The van der Waals surface area contributed by atoms with Crippen LogP contribution in [0.4, 0.5) is 5.69 Å². The third-order valence-electron chi connectivity index (χ3n) is 2.22. The third kappa shape index (κ3) is 5.20. The molecule has 2 N–H and O–H groups in total. The number of aromatic carboxylic acids is 1. The zero-order chi connectivity index (χ0) is 15.1. The fraction of sp³-hybridized carbons (Fsp3) is 0.333. The van der Waals surface area contributed by atoms with E-state index in [9.17, 15) is 9.59 Å². The van der Waals surface area contributed by atoms with Crippen molar-refractivity contribution in [3.63, 3.8) is 0 Å². The number of anilines is 1. The summed E-state index contributed by atoms with van der Waals surface area (Å²) in [6.45, 7) is 0.562. The van der Waals surface area contributed by atoms with E-state index in [1.54, 1.807) is 7.11 Å². The Morgan fingerprint density at radius 3 is 2.45 bits per heavy atom. The molecule has 110 valence electrons. The first-order valence-electron chi connectivity index (χ1n) is 5.54. The summed E-state index contributed by atoms with van der Waals surface area (Å²) >= 11 is 13.2. The van der Waals surface area contributed by atoms with Crippen molar-refractivity contribution in [3.8, 4) is 0 Å². The highest BCUT2D eigenvalue weighted by Gasteiger charge is 2.14. The van der Waals surface area contributed by atoms with Gasteiger partial charge in [-0.05, 0) is 12.1 Å². The number of carbonyl (C=O) groups is 2. The number of thioether (sulfide) groups is 1. The highest BCUT2D eigenvalue weighted by molar-refractivity contribution is 7.99. The molecule has 0 radical (unpaired) electrons. The van der Waals surface area contributed by atoms with Gasteiger partial charge in [0.1, 0.15) is 0 Å². The molecule has 0 heterocycles. The van der Waals surface area contributed by atoms with Gasteiger partial charge in [0, 0.05) is 12.9 Å². The maximum atomic E-state index is 11.7. The number of hydrogen-bond acceptors (Lipinski definition) is 4. The van der Waals surface area contributed by atoms with Gasteiger partial charge < -0.3 is 15.2 Å². The number of carboxylic acids is 1. The van der Waals surface area contributed by atoms with E-state index in [0.717, 1.165) is 0 Å². The van der Waals surface area contributed by atoms with Crippen LogP contribution in [-0.4, -0.2) is 42.2 Å². The summed E-state index contributed by atoms with van der Waals surface area (Å²) in [6.07, 6.45) is 0. The molecule has 0 saturated heterocycles. The number of carboxylic acid groups (broad SMARTS) is 1. The SMILES string of the molecule is COCCSCC(=O)Nc1c(Cl)cc(C(=O)O)cc1Cl. The third-order valence-corrected chi connectivity index (χ3v) is 3.74. The lowest BCUT2D eigenvalue weighted by molar-refractivity contribution is -0.113. The van der Waals surface area contributed by atoms with E-state index >= 15 is 0 Å². The summed E-state index contributed by atoms with van der Waals surface area (Å²) in [6, 6.07) is 2.48. The monoisotopic (exact) mass is 337 g/mol. The molecule has 1 amide bonds. The van der Waals surface area contributed by atoms with E-state index in [-0.39, 0.29) is 33.0 Å². The first-order chi connectivity index (χ1) is 9.45. The number of hydrogen-bond donors (Lipinski definition) is 2. The number of halogens is 2. The maximum absolute atomic E-state index is 11.7. The van der Waals surface area contributed by atoms with Gasteiger partial charge in [0.05, 0.1) is 33.7 Å². The van der Waals surface area contributed by atoms with Crippen LogP contribution in [0.5, 0.6) is 0 Å². The number of carbonyl (C=O) groups excluding carboxylic acids is 1. The smallest absolute Gasteiger partial charge is 0.335 e. The van der Waals surface area contributed by atoms with E-state index in [2.05, 4.69) is 5.32 Å². The molecule has 0 fully saturated rings. The highest BCUT2D eigenvalue weighted by Crippen LogP contribution is 2.32. The Hall–Kier alpha value is -0.950. The summed E-state index contributed by atoms with van der Waals surface area (Å²) in [4.78, 5) is 22.5. The average molecular weight is 338 g/mol. The quantitative estimate of drug-likeness (QED) is 0.748. The van der Waals surface area contributed by atoms with Crippen LogP contribution in [0.25, 0.3) is 0 Å². The van der Waals surface area contributed by atoms with Crippen molar-refractivity contribution >= 4 is 52.5 Å². The summed E-state index contributed by atoms with van der Waals surface area (Å²) in [5, 5.41) is 11.6. The van der Waals surface area contributed by atoms with E-state index in [1.165, 1.54) is 23.9 Å². The zero-order valence-corrected chi connectivity index (χ0v) is 12.9. The molecule has 0 aliphatic carbocycles. The molecule has 1 aromatic rings. The predicted octanol–water partition coefficient (Wildman–Crippen LogP) is 3.01. The van der Waals surface area contributed by atoms with Gasteiger partial charge in [-0.15, -0.1) is 11.8 Å². The average Bonchev–Trinajstić information content (AvgIpc) is 2.38. The van der Waals surface area contributed by atoms with Gasteiger partial charge in [0.15, 0.2) is 0 Å². The Kier molecular flexibility index (Phi) is 7.15. The molecule has 5 nitrogen and oxygen atoms in total. The van der Waals surface area contributed by atoms with Crippen LogP contribution in [-0.2, 0) is 9.53 Å². The lowest BCUT2D eigenvalue weighted by Crippen LogP contribution is -2.15. The van der Waals surface area contributed by atoms with Crippen molar-refractivity contribution in [2.75, 3.05) is 30.5 Å². The topological polar surface area (TPSA) is 75.6 Å². The second kappa shape index (κ2) is 8.36. The second-order valence-corrected chi connectivity index (χ2v) is 5.63. The lowest BCUT2D eigenvalue weighted by Gasteiger charge is -2.10. The van der Waals surface area contributed by atoms with Crippen molar-refractivity contribution in [1.82, 2.24) is 0 Å². The van der Waals surface area contributed by atoms with Gasteiger partial charge in [-0.25, -0.2) is 4.79 Å². The van der Waals surface area contributed by atoms with Crippen molar-refractivity contribution in [1.29, 1.82) is 0 Å². The van der Waals surface area contributed by atoms with Crippen LogP contribution in [0.15, 0.2) is 12.1 Å². The lowest BCUT2D eigenvalue weighted by atomic mass is 10.2. The van der Waals surface area contributed by atoms with E-state index in [1.807, 2.05) is 0 Å². The molecular weight excluding hydrogens is 325 g/mol. The van der Waals surface area contributed by atoms with Gasteiger partial charge in [-0.1, -0.05) is 23.2 Å². The predicted molar refractivity (Wildman–Crippen MR) is 81.3 cm³/mol. The zero-order valence-electron chi connectivity index (χ0n) is 10.6. The molecule has 8 heteroatoms. The van der Waals surface area contributed by atoms with E-state index < -0.39 is 5.97 Å². The minimum absolute atomic E-state index is 0.0348. The molecule has 0 saturated carbocycles. The highest BCUT2D eigenvalue weighted by atomic mass is 35.5. The van der Waals surface area contributed by atoms with Crippen molar-refractivity contribution < 1.29 is 19.4 Å². The minimum atomic E-state index is -1.14. The van der Waals surface area contributed by atoms with Crippen LogP contribution in [0.1, 0.15) is 10.4 Å². The van der Waals surface area contributed by atoms with Crippen LogP contribution in [0.2, 0.25) is 10.0 Å². The summed E-state index contributed by atoms with van der Waals surface area (Å²) < 4.78 is 4.87. The standard InChI is InChI=1S/C12H13Cl2NO4S/c1-19-2-3-20-6-10(16)15-11-8(13)4-7(12(17)18)5-9(11)14/h4-5H,2-3,6H2,1H3,(H,15,16)(H,17,18). The normalized spacial score (nSPS) is 10.3. The summed E-state index contributed by atoms with van der Waals surface area (Å²) in [5.74, 6) is -0.472. The Labute approximate surface area is 130 Å². The number of nitrogens with one attached hydrogen (secondary N) is 1. The van der Waals surface area contributed by atoms with Gasteiger partial charge in [0.25, 0.3) is 0 Å². The number of ether oxygens (including phenoxy) is 1.